The first-order valence-corrected chi connectivity index (χ1v) is 17.8. The molecule has 4 atom stereocenters. The van der Waals surface area contributed by atoms with E-state index in [1.165, 1.54) is 11.4 Å². The zero-order valence-electron chi connectivity index (χ0n) is 28.4. The van der Waals surface area contributed by atoms with E-state index < -0.39 is 34.1 Å². The van der Waals surface area contributed by atoms with Gasteiger partial charge in [-0.15, -0.1) is 0 Å². The number of nitrogens with one attached hydrogen (secondary N) is 2. The molecule has 0 fully saturated rings. The molecule has 4 rings (SSSR count). The number of sulfonamides is 1. The first kappa shape index (κ1) is 36.9. The fourth-order valence-electron chi connectivity index (χ4n) is 5.52. The molecule has 0 saturated heterocycles. The van der Waals surface area contributed by atoms with Gasteiger partial charge in [0.15, 0.2) is 0 Å². The van der Waals surface area contributed by atoms with Crippen molar-refractivity contribution in [1.29, 1.82) is 0 Å². The Balaban J connectivity index is 1.62. The number of aliphatic hydroxyl groups excluding tert-OH is 1. The molecule has 3 amide bonds. The number of rotatable bonds is 8. The van der Waals surface area contributed by atoms with Gasteiger partial charge in [0.25, 0.3) is 5.91 Å². The molecule has 0 radical (unpaired) electrons. The van der Waals surface area contributed by atoms with Gasteiger partial charge in [-0.25, -0.2) is 13.2 Å². The standard InChI is InChI=1S/C36H48N4O7S/c1-25-14-17-31(18-15-25)48(44,45)39(5)23-34-26(2)22-40(27(3)24-41)35(42)32-21-30(38-36(43)37-29-12-7-6-8-13-29)16-19-33(32)47-28(4)11-9-10-20-46-34/h6-8,12-19,21,26-28,34,41H,9-11,20,22-24H2,1-5H3,(H2,37,38,43)/t26-,27+,28-,34-/m1/s1. The predicted octanol–water partition coefficient (Wildman–Crippen LogP) is 5.76. The Morgan fingerprint density at radius 2 is 1.71 bits per heavy atom. The van der Waals surface area contributed by atoms with Gasteiger partial charge in [0.2, 0.25) is 10.0 Å². The van der Waals surface area contributed by atoms with E-state index in [1.54, 1.807) is 66.4 Å². The van der Waals surface area contributed by atoms with Crippen LogP contribution in [0, 0.1) is 12.8 Å². The number of hydrogen-bond donors (Lipinski definition) is 3. The van der Waals surface area contributed by atoms with Crippen molar-refractivity contribution in [3.8, 4) is 5.75 Å². The van der Waals surface area contributed by atoms with Gasteiger partial charge in [-0.1, -0.05) is 42.8 Å². The highest BCUT2D eigenvalue weighted by Crippen LogP contribution is 2.29. The molecular formula is C36H48N4O7S. The molecule has 48 heavy (non-hydrogen) atoms. The lowest BCUT2D eigenvalue weighted by Gasteiger charge is -2.35. The van der Waals surface area contributed by atoms with Crippen molar-refractivity contribution in [3.63, 3.8) is 0 Å². The summed E-state index contributed by atoms with van der Waals surface area (Å²) >= 11 is 0. The van der Waals surface area contributed by atoms with Crippen molar-refractivity contribution < 1.29 is 32.6 Å². The molecule has 0 spiro atoms. The van der Waals surface area contributed by atoms with Crippen LogP contribution in [0.3, 0.4) is 0 Å². The number of anilines is 2. The summed E-state index contributed by atoms with van der Waals surface area (Å²) in [5.74, 6) is -0.338. The molecule has 3 aromatic rings. The minimum absolute atomic E-state index is 0.0770. The normalized spacial score (nSPS) is 20.3. The third-order valence-electron chi connectivity index (χ3n) is 8.51. The zero-order valence-corrected chi connectivity index (χ0v) is 29.2. The quantitative estimate of drug-likeness (QED) is 0.275. The molecule has 11 nitrogen and oxygen atoms in total. The first-order valence-electron chi connectivity index (χ1n) is 16.4. The van der Waals surface area contributed by atoms with Gasteiger partial charge >= 0.3 is 6.03 Å². The Morgan fingerprint density at radius 1 is 1.02 bits per heavy atom. The number of carbonyl (C=O) groups excluding carboxylic acids is 2. The highest BCUT2D eigenvalue weighted by atomic mass is 32.2. The van der Waals surface area contributed by atoms with Crippen LogP contribution in [-0.4, -0.2) is 86.3 Å². The minimum Gasteiger partial charge on any atom is -0.490 e. The van der Waals surface area contributed by atoms with Crippen LogP contribution in [0.5, 0.6) is 5.75 Å². The van der Waals surface area contributed by atoms with E-state index in [-0.39, 0.29) is 42.2 Å². The van der Waals surface area contributed by atoms with Gasteiger partial charge in [-0.3, -0.25) is 4.79 Å². The molecule has 260 valence electrons. The topological polar surface area (TPSA) is 138 Å². The molecule has 12 heteroatoms. The second-order valence-corrected chi connectivity index (χ2v) is 14.6. The smallest absolute Gasteiger partial charge is 0.323 e. The van der Waals surface area contributed by atoms with Gasteiger partial charge in [0.05, 0.1) is 35.3 Å². The molecule has 0 unspecified atom stereocenters. The Kier molecular flexibility index (Phi) is 13.0. The number of para-hydroxylation sites is 1. The second-order valence-electron chi connectivity index (χ2n) is 12.6. The van der Waals surface area contributed by atoms with Gasteiger partial charge < -0.3 is 30.1 Å². The summed E-state index contributed by atoms with van der Waals surface area (Å²) in [4.78, 5) is 28.9. The number of hydrogen-bond acceptors (Lipinski definition) is 7. The summed E-state index contributed by atoms with van der Waals surface area (Å²) in [6, 6.07) is 19.6. The fourth-order valence-corrected chi connectivity index (χ4v) is 6.70. The van der Waals surface area contributed by atoms with E-state index in [0.717, 1.165) is 18.4 Å². The number of ether oxygens (including phenoxy) is 2. The van der Waals surface area contributed by atoms with Crippen LogP contribution in [0.2, 0.25) is 0 Å². The number of carbonyl (C=O) groups is 2. The molecule has 0 aromatic heterocycles. The Bertz CT molecular complexity index is 1620. The lowest BCUT2D eigenvalue weighted by Crippen LogP contribution is -2.48. The monoisotopic (exact) mass is 680 g/mol. The molecule has 0 aliphatic carbocycles. The summed E-state index contributed by atoms with van der Waals surface area (Å²) in [7, 11) is -2.25. The highest BCUT2D eigenvalue weighted by molar-refractivity contribution is 7.89. The molecule has 1 heterocycles. The number of aliphatic hydroxyl groups is 1. The highest BCUT2D eigenvalue weighted by Gasteiger charge is 2.32. The fraction of sp³-hybridized carbons (Fsp3) is 0.444. The SMILES string of the molecule is Cc1ccc(S(=O)(=O)N(C)C[C@H]2OCCCC[C@@H](C)Oc3ccc(NC(=O)Nc4ccccc4)cc3C(=O)N([C@@H](C)CO)C[C@H]2C)cc1. The van der Waals surface area contributed by atoms with Crippen LogP contribution in [0.25, 0.3) is 0 Å². The summed E-state index contributed by atoms with van der Waals surface area (Å²) in [5, 5.41) is 15.8. The van der Waals surface area contributed by atoms with Crippen LogP contribution in [0.1, 0.15) is 56.0 Å². The van der Waals surface area contributed by atoms with Crippen LogP contribution in [-0.2, 0) is 14.8 Å². The average molecular weight is 681 g/mol. The molecule has 1 aliphatic rings. The maximum absolute atomic E-state index is 14.3. The van der Waals surface area contributed by atoms with Crippen molar-refractivity contribution in [2.45, 2.75) is 70.1 Å². The van der Waals surface area contributed by atoms with Gasteiger partial charge in [-0.2, -0.15) is 4.31 Å². The molecule has 0 bridgehead atoms. The number of aryl methyl sites for hydroxylation is 1. The summed E-state index contributed by atoms with van der Waals surface area (Å²) < 4.78 is 40.8. The second kappa shape index (κ2) is 16.9. The lowest BCUT2D eigenvalue weighted by molar-refractivity contribution is -0.00833. The number of likely N-dealkylation sites (N-methyl/N-ethyl adjacent to an activating group) is 1. The number of nitrogens with zero attached hydrogens (tertiary/aromatic N) is 2. The van der Waals surface area contributed by atoms with Crippen molar-refractivity contribution >= 4 is 33.3 Å². The molecule has 0 saturated carbocycles. The van der Waals surface area contributed by atoms with Crippen molar-refractivity contribution in [3.05, 3.63) is 83.9 Å². The number of fused-ring (bicyclic) bond motifs is 1. The van der Waals surface area contributed by atoms with E-state index in [4.69, 9.17) is 9.47 Å². The summed E-state index contributed by atoms with van der Waals surface area (Å²) in [6.45, 7) is 7.87. The maximum atomic E-state index is 14.3. The van der Waals surface area contributed by atoms with Crippen LogP contribution < -0.4 is 15.4 Å². The lowest BCUT2D eigenvalue weighted by atomic mass is 10.0. The number of urea groups is 1. The van der Waals surface area contributed by atoms with E-state index in [2.05, 4.69) is 10.6 Å². The Morgan fingerprint density at radius 3 is 2.40 bits per heavy atom. The molecule has 3 N–H and O–H groups in total. The number of benzene rings is 3. The first-order chi connectivity index (χ1) is 22.9. The largest absolute Gasteiger partial charge is 0.490 e. The van der Waals surface area contributed by atoms with Crippen LogP contribution >= 0.6 is 0 Å². The van der Waals surface area contributed by atoms with E-state index in [9.17, 15) is 23.1 Å². The van der Waals surface area contributed by atoms with E-state index in [0.29, 0.717) is 30.2 Å². The average Bonchev–Trinajstić information content (AvgIpc) is 3.06. The third kappa shape index (κ3) is 9.79. The van der Waals surface area contributed by atoms with Crippen molar-refractivity contribution in [2.75, 3.05) is 44.0 Å². The molecule has 1 aliphatic heterocycles. The van der Waals surface area contributed by atoms with E-state index >= 15 is 0 Å². The van der Waals surface area contributed by atoms with Crippen molar-refractivity contribution in [1.82, 2.24) is 9.21 Å². The van der Waals surface area contributed by atoms with Crippen molar-refractivity contribution in [2.24, 2.45) is 5.92 Å². The molecule has 3 aromatic carbocycles. The Labute approximate surface area is 284 Å². The third-order valence-corrected chi connectivity index (χ3v) is 10.3. The zero-order chi connectivity index (χ0) is 34.8. The predicted molar refractivity (Wildman–Crippen MR) is 187 cm³/mol. The van der Waals surface area contributed by atoms with Gasteiger partial charge in [-0.05, 0) is 82.5 Å². The van der Waals surface area contributed by atoms with Crippen LogP contribution in [0.4, 0.5) is 16.2 Å². The number of amides is 3. The summed E-state index contributed by atoms with van der Waals surface area (Å²) in [6.07, 6.45) is 1.49. The van der Waals surface area contributed by atoms with Crippen LogP contribution in [0.15, 0.2) is 77.7 Å². The minimum atomic E-state index is -3.79. The van der Waals surface area contributed by atoms with Gasteiger partial charge in [0, 0.05) is 44.0 Å². The van der Waals surface area contributed by atoms with Gasteiger partial charge in [0.1, 0.15) is 5.75 Å². The molecular weight excluding hydrogens is 632 g/mol. The van der Waals surface area contributed by atoms with E-state index in [1.807, 2.05) is 39.0 Å². The Hall–Kier alpha value is -3.97. The summed E-state index contributed by atoms with van der Waals surface area (Å²) in [5.41, 5.74) is 2.21. The maximum Gasteiger partial charge on any atom is 0.323 e.